The maximum atomic E-state index is 4.93. The van der Waals surface area contributed by atoms with E-state index in [9.17, 15) is 0 Å². The smallest absolute Gasteiger partial charge is 0.136 e. The van der Waals surface area contributed by atoms with Gasteiger partial charge in [0.25, 0.3) is 0 Å². The number of hydrogen-bond donors (Lipinski definition) is 0. The minimum atomic E-state index is 0.634. The molecule has 1 saturated heterocycles. The highest BCUT2D eigenvalue weighted by Crippen LogP contribution is 2.19. The lowest BCUT2D eigenvalue weighted by Crippen LogP contribution is -2.45. The quantitative estimate of drug-likeness (QED) is 0.501. The molecular weight excluding hydrogens is 386 g/mol. The van der Waals surface area contributed by atoms with Gasteiger partial charge in [-0.05, 0) is 43.8 Å². The fraction of sp³-hybridized carbons (Fsp3) is 0.333. The van der Waals surface area contributed by atoms with E-state index < -0.39 is 0 Å². The zero-order chi connectivity index (χ0) is 21.2. The van der Waals surface area contributed by atoms with Gasteiger partial charge in [0.05, 0.1) is 12.1 Å². The van der Waals surface area contributed by atoms with Gasteiger partial charge < -0.3 is 14.2 Å². The molecule has 0 N–H and O–H groups in total. The van der Waals surface area contributed by atoms with Crippen molar-refractivity contribution in [1.29, 1.82) is 0 Å². The van der Waals surface area contributed by atoms with Gasteiger partial charge in [-0.2, -0.15) is 0 Å². The van der Waals surface area contributed by atoms with E-state index in [-0.39, 0.29) is 0 Å². The van der Waals surface area contributed by atoms with E-state index in [1.165, 1.54) is 5.56 Å². The number of piperazine rings is 1. The van der Waals surface area contributed by atoms with Crippen molar-refractivity contribution in [3.05, 3.63) is 83.5 Å². The van der Waals surface area contributed by atoms with Gasteiger partial charge in [0, 0.05) is 68.6 Å². The molecule has 31 heavy (non-hydrogen) atoms. The summed E-state index contributed by atoms with van der Waals surface area (Å²) in [6.07, 6.45) is 7.22. The van der Waals surface area contributed by atoms with Crippen molar-refractivity contribution in [2.75, 3.05) is 38.1 Å². The number of imidazole rings is 1. The van der Waals surface area contributed by atoms with Crippen LogP contribution < -0.4 is 4.90 Å². The van der Waals surface area contributed by atoms with Gasteiger partial charge in [0.1, 0.15) is 17.3 Å². The Kier molecular flexibility index (Phi) is 5.34. The molecule has 0 aromatic carbocycles. The van der Waals surface area contributed by atoms with Crippen molar-refractivity contribution in [2.45, 2.75) is 19.8 Å². The SMILES string of the molecule is Cc1cccc(Cc2nc(Cc3ccn4ccnc4c3)cc(N3CCN(C)CC3)n2)n1. The Morgan fingerprint density at radius 2 is 1.74 bits per heavy atom. The second-order valence-electron chi connectivity index (χ2n) is 8.28. The van der Waals surface area contributed by atoms with Crippen LogP contribution in [0, 0.1) is 6.92 Å². The summed E-state index contributed by atoms with van der Waals surface area (Å²) in [5, 5.41) is 0. The molecule has 4 aromatic rings. The topological polar surface area (TPSA) is 62.5 Å². The highest BCUT2D eigenvalue weighted by atomic mass is 15.3. The van der Waals surface area contributed by atoms with Crippen LogP contribution in [0.15, 0.2) is 55.0 Å². The normalized spacial score (nSPS) is 15.0. The van der Waals surface area contributed by atoms with Crippen LogP contribution in [0.5, 0.6) is 0 Å². The van der Waals surface area contributed by atoms with E-state index in [1.54, 1.807) is 0 Å². The molecule has 5 rings (SSSR count). The van der Waals surface area contributed by atoms with Crippen LogP contribution >= 0.6 is 0 Å². The van der Waals surface area contributed by atoms with Crippen molar-refractivity contribution in [2.24, 2.45) is 0 Å². The highest BCUT2D eigenvalue weighted by molar-refractivity contribution is 5.45. The summed E-state index contributed by atoms with van der Waals surface area (Å²) in [4.78, 5) is 23.6. The van der Waals surface area contributed by atoms with Gasteiger partial charge in [-0.25, -0.2) is 15.0 Å². The predicted molar refractivity (Wildman–Crippen MR) is 122 cm³/mol. The first-order valence-electron chi connectivity index (χ1n) is 10.8. The lowest BCUT2D eigenvalue weighted by molar-refractivity contribution is 0.312. The molecule has 0 amide bonds. The molecule has 0 aliphatic carbocycles. The summed E-state index contributed by atoms with van der Waals surface area (Å²) in [5.41, 5.74) is 5.19. The number of likely N-dealkylation sites (N-methyl/N-ethyl adjacent to an activating group) is 1. The molecule has 5 heterocycles. The molecule has 0 saturated carbocycles. The summed E-state index contributed by atoms with van der Waals surface area (Å²) in [6, 6.07) is 12.5. The zero-order valence-corrected chi connectivity index (χ0v) is 18.1. The predicted octanol–water partition coefficient (Wildman–Crippen LogP) is 2.76. The molecule has 7 heteroatoms. The van der Waals surface area contributed by atoms with Gasteiger partial charge in [-0.1, -0.05) is 6.07 Å². The number of nitrogens with zero attached hydrogens (tertiary/aromatic N) is 7. The van der Waals surface area contributed by atoms with Crippen LogP contribution in [0.25, 0.3) is 5.65 Å². The van der Waals surface area contributed by atoms with Crippen molar-refractivity contribution in [3.63, 3.8) is 0 Å². The summed E-state index contributed by atoms with van der Waals surface area (Å²) >= 11 is 0. The second-order valence-corrected chi connectivity index (χ2v) is 8.28. The minimum Gasteiger partial charge on any atom is -0.354 e. The second kappa shape index (κ2) is 8.43. The Labute approximate surface area is 182 Å². The third-order valence-electron chi connectivity index (χ3n) is 5.77. The van der Waals surface area contributed by atoms with Gasteiger partial charge in [0.15, 0.2) is 0 Å². The summed E-state index contributed by atoms with van der Waals surface area (Å²) < 4.78 is 2.02. The third-order valence-corrected chi connectivity index (χ3v) is 5.77. The summed E-state index contributed by atoms with van der Waals surface area (Å²) in [5.74, 6) is 1.84. The van der Waals surface area contributed by atoms with Crippen molar-refractivity contribution in [3.8, 4) is 0 Å². The first-order valence-corrected chi connectivity index (χ1v) is 10.8. The molecular formula is C24H27N7. The van der Waals surface area contributed by atoms with Gasteiger partial charge >= 0.3 is 0 Å². The van der Waals surface area contributed by atoms with E-state index in [2.05, 4.69) is 51.2 Å². The first kappa shape index (κ1) is 19.6. The van der Waals surface area contributed by atoms with E-state index in [4.69, 9.17) is 9.97 Å². The Balaban J connectivity index is 1.47. The maximum Gasteiger partial charge on any atom is 0.136 e. The summed E-state index contributed by atoms with van der Waals surface area (Å²) in [7, 11) is 2.17. The molecule has 0 unspecified atom stereocenters. The molecule has 1 fully saturated rings. The van der Waals surface area contributed by atoms with Crippen LogP contribution in [0.2, 0.25) is 0 Å². The van der Waals surface area contributed by atoms with Crippen molar-refractivity contribution in [1.82, 2.24) is 29.2 Å². The fourth-order valence-electron chi connectivity index (χ4n) is 4.04. The zero-order valence-electron chi connectivity index (χ0n) is 18.1. The van der Waals surface area contributed by atoms with Gasteiger partial charge in [0.2, 0.25) is 0 Å². The van der Waals surface area contributed by atoms with Crippen LogP contribution in [0.1, 0.15) is 28.5 Å². The molecule has 1 aliphatic heterocycles. The number of hydrogen-bond acceptors (Lipinski definition) is 6. The average Bonchev–Trinajstić information content (AvgIpc) is 3.22. The molecule has 1 aliphatic rings. The van der Waals surface area contributed by atoms with Crippen LogP contribution in [0.4, 0.5) is 5.82 Å². The molecule has 0 spiro atoms. The fourth-order valence-corrected chi connectivity index (χ4v) is 4.04. The van der Waals surface area contributed by atoms with Crippen molar-refractivity contribution < 1.29 is 0 Å². The van der Waals surface area contributed by atoms with E-state index >= 15 is 0 Å². The Bertz CT molecular complexity index is 1190. The van der Waals surface area contributed by atoms with Crippen LogP contribution in [-0.2, 0) is 12.8 Å². The molecule has 0 bridgehead atoms. The Hall–Kier alpha value is -3.32. The number of pyridine rings is 2. The minimum absolute atomic E-state index is 0.634. The van der Waals surface area contributed by atoms with Crippen LogP contribution in [-0.4, -0.2) is 62.5 Å². The molecule has 7 nitrogen and oxygen atoms in total. The number of aromatic nitrogens is 5. The number of anilines is 1. The Morgan fingerprint density at radius 1 is 0.871 bits per heavy atom. The van der Waals surface area contributed by atoms with E-state index in [0.717, 1.165) is 67.0 Å². The number of rotatable bonds is 5. The largest absolute Gasteiger partial charge is 0.354 e. The summed E-state index contributed by atoms with van der Waals surface area (Å²) in [6.45, 7) is 6.07. The van der Waals surface area contributed by atoms with Crippen molar-refractivity contribution >= 4 is 11.5 Å². The van der Waals surface area contributed by atoms with E-state index in [1.807, 2.05) is 41.9 Å². The van der Waals surface area contributed by atoms with Gasteiger partial charge in [-0.15, -0.1) is 0 Å². The standard InChI is InChI=1S/C24H27N7/c1-18-4-3-5-20(26-18)16-22-27-21(14-19-6-8-30-9-7-25-23(30)15-19)17-24(28-22)31-12-10-29(2)11-13-31/h3-9,15,17H,10-14,16H2,1-2H3. The van der Waals surface area contributed by atoms with Crippen LogP contribution in [0.3, 0.4) is 0 Å². The lowest BCUT2D eigenvalue weighted by atomic mass is 10.1. The number of fused-ring (bicyclic) bond motifs is 1. The highest BCUT2D eigenvalue weighted by Gasteiger charge is 2.18. The molecule has 4 aromatic heterocycles. The molecule has 158 valence electrons. The lowest BCUT2D eigenvalue weighted by Gasteiger charge is -2.33. The first-order chi connectivity index (χ1) is 15.1. The third kappa shape index (κ3) is 4.56. The maximum absolute atomic E-state index is 4.93. The monoisotopic (exact) mass is 413 g/mol. The molecule has 0 radical (unpaired) electrons. The Morgan fingerprint density at radius 3 is 2.58 bits per heavy atom. The number of aryl methyl sites for hydroxylation is 1. The van der Waals surface area contributed by atoms with Gasteiger partial charge in [-0.3, -0.25) is 4.98 Å². The van der Waals surface area contributed by atoms with E-state index in [0.29, 0.717) is 6.42 Å². The molecule has 0 atom stereocenters. The average molecular weight is 414 g/mol.